The Kier molecular flexibility index (Phi) is 3.34. The normalized spacial score (nSPS) is 39.0. The predicted molar refractivity (Wildman–Crippen MR) is 81.8 cm³/mol. The molecule has 0 spiro atoms. The molecule has 3 saturated carbocycles. The van der Waals surface area contributed by atoms with Gasteiger partial charge in [-0.3, -0.25) is 0 Å². The van der Waals surface area contributed by atoms with Gasteiger partial charge in [-0.1, -0.05) is 25.2 Å². The lowest BCUT2D eigenvalue weighted by Crippen LogP contribution is -2.21. The number of hydrogen-bond acceptors (Lipinski definition) is 4. The summed E-state index contributed by atoms with van der Waals surface area (Å²) in [6.45, 7) is 5.53. The van der Waals surface area contributed by atoms with Crippen molar-refractivity contribution in [3.8, 4) is 0 Å². The van der Waals surface area contributed by atoms with Crippen LogP contribution in [0.5, 0.6) is 0 Å². The molecule has 3 fully saturated rings. The van der Waals surface area contributed by atoms with Crippen molar-refractivity contribution in [2.75, 3.05) is 6.54 Å². The summed E-state index contributed by atoms with van der Waals surface area (Å²) < 4.78 is 0. The van der Waals surface area contributed by atoms with Gasteiger partial charge in [0.25, 0.3) is 0 Å². The van der Waals surface area contributed by atoms with E-state index >= 15 is 0 Å². The van der Waals surface area contributed by atoms with E-state index in [1.54, 1.807) is 0 Å². The van der Waals surface area contributed by atoms with Crippen molar-refractivity contribution in [2.45, 2.75) is 57.9 Å². The first-order valence-electron chi connectivity index (χ1n) is 8.40. The van der Waals surface area contributed by atoms with Crippen molar-refractivity contribution in [3.05, 3.63) is 10.0 Å². The van der Waals surface area contributed by atoms with Gasteiger partial charge in [0.15, 0.2) is 0 Å². The highest BCUT2D eigenvalue weighted by molar-refractivity contribution is 7.11. The molecule has 2 bridgehead atoms. The molecule has 4 heteroatoms. The van der Waals surface area contributed by atoms with Crippen LogP contribution in [0.2, 0.25) is 0 Å². The van der Waals surface area contributed by atoms with Crippen LogP contribution >= 0.6 is 11.3 Å². The lowest BCUT2D eigenvalue weighted by Gasteiger charge is -2.12. The van der Waals surface area contributed by atoms with Gasteiger partial charge >= 0.3 is 0 Å². The van der Waals surface area contributed by atoms with Crippen LogP contribution in [0.3, 0.4) is 0 Å². The first-order valence-corrected chi connectivity index (χ1v) is 9.21. The molecule has 0 saturated heterocycles. The van der Waals surface area contributed by atoms with Crippen molar-refractivity contribution in [2.24, 2.45) is 23.7 Å². The summed E-state index contributed by atoms with van der Waals surface area (Å²) in [4.78, 5) is 0. The molecule has 1 heterocycles. The zero-order chi connectivity index (χ0) is 13.7. The van der Waals surface area contributed by atoms with Crippen LogP contribution in [0.25, 0.3) is 0 Å². The summed E-state index contributed by atoms with van der Waals surface area (Å²) in [5.41, 5.74) is 0. The Hall–Kier alpha value is -0.480. The van der Waals surface area contributed by atoms with Crippen molar-refractivity contribution in [1.29, 1.82) is 0 Å². The van der Waals surface area contributed by atoms with Crippen molar-refractivity contribution < 1.29 is 0 Å². The SMILES string of the molecule is CCCNC(CC)c1nnc(C2C3C4CCC(C4)C23)s1. The summed E-state index contributed by atoms with van der Waals surface area (Å²) in [5.74, 6) is 4.82. The Morgan fingerprint density at radius 2 is 1.95 bits per heavy atom. The van der Waals surface area contributed by atoms with E-state index < -0.39 is 0 Å². The molecule has 1 aromatic heterocycles. The Morgan fingerprint density at radius 3 is 2.60 bits per heavy atom. The number of hydrogen-bond donors (Lipinski definition) is 1. The minimum Gasteiger partial charge on any atom is -0.308 e. The van der Waals surface area contributed by atoms with Crippen molar-refractivity contribution in [1.82, 2.24) is 15.5 Å². The number of nitrogens with zero attached hydrogens (tertiary/aromatic N) is 2. The number of nitrogens with one attached hydrogen (secondary N) is 1. The van der Waals surface area contributed by atoms with Crippen LogP contribution in [-0.4, -0.2) is 16.7 Å². The molecule has 0 aliphatic heterocycles. The maximum absolute atomic E-state index is 4.56. The number of aromatic nitrogens is 2. The van der Waals surface area contributed by atoms with Crippen LogP contribution < -0.4 is 5.32 Å². The monoisotopic (exact) mass is 291 g/mol. The highest BCUT2D eigenvalue weighted by atomic mass is 32.1. The van der Waals surface area contributed by atoms with Crippen molar-refractivity contribution in [3.63, 3.8) is 0 Å². The third kappa shape index (κ3) is 1.95. The molecule has 5 atom stereocenters. The molecule has 0 aromatic carbocycles. The predicted octanol–water partition coefficient (Wildman–Crippen LogP) is 3.75. The zero-order valence-corrected chi connectivity index (χ0v) is 13.3. The minimum absolute atomic E-state index is 0.413. The Morgan fingerprint density at radius 1 is 1.20 bits per heavy atom. The Bertz CT molecular complexity index is 470. The van der Waals surface area contributed by atoms with Gasteiger partial charge in [0, 0.05) is 5.92 Å². The van der Waals surface area contributed by atoms with Gasteiger partial charge < -0.3 is 5.32 Å². The van der Waals surface area contributed by atoms with E-state index in [0.29, 0.717) is 6.04 Å². The molecular weight excluding hydrogens is 266 g/mol. The van der Waals surface area contributed by atoms with Crippen LogP contribution in [0.1, 0.15) is 67.9 Å². The third-order valence-corrected chi connectivity index (χ3v) is 6.96. The highest BCUT2D eigenvalue weighted by Crippen LogP contribution is 2.73. The first kappa shape index (κ1) is 13.2. The van der Waals surface area contributed by atoms with Gasteiger partial charge in [-0.25, -0.2) is 0 Å². The third-order valence-electron chi connectivity index (χ3n) is 5.82. The first-order chi connectivity index (χ1) is 9.83. The van der Waals surface area contributed by atoms with Gasteiger partial charge in [-0.2, -0.15) is 0 Å². The van der Waals surface area contributed by atoms with Gasteiger partial charge in [0.05, 0.1) is 6.04 Å². The fourth-order valence-electron chi connectivity index (χ4n) is 4.90. The van der Waals surface area contributed by atoms with E-state index in [1.807, 2.05) is 11.3 Å². The quantitative estimate of drug-likeness (QED) is 0.867. The summed E-state index contributed by atoms with van der Waals surface area (Å²) >= 11 is 1.89. The van der Waals surface area contributed by atoms with Gasteiger partial charge in [0.2, 0.25) is 0 Å². The topological polar surface area (TPSA) is 37.8 Å². The second-order valence-electron chi connectivity index (χ2n) is 6.91. The second-order valence-corrected chi connectivity index (χ2v) is 7.95. The molecule has 3 nitrogen and oxygen atoms in total. The molecule has 0 amide bonds. The maximum Gasteiger partial charge on any atom is 0.134 e. The highest BCUT2D eigenvalue weighted by Gasteiger charge is 2.66. The lowest BCUT2D eigenvalue weighted by molar-refractivity contribution is 0.456. The number of fused-ring (bicyclic) bond motifs is 5. The molecule has 5 unspecified atom stereocenters. The summed E-state index contributed by atoms with van der Waals surface area (Å²) in [7, 11) is 0. The van der Waals surface area contributed by atoms with Gasteiger partial charge in [0.1, 0.15) is 10.0 Å². The molecule has 3 aliphatic carbocycles. The zero-order valence-electron chi connectivity index (χ0n) is 12.5. The Labute approximate surface area is 125 Å². The molecule has 1 aromatic rings. The molecule has 20 heavy (non-hydrogen) atoms. The molecule has 0 radical (unpaired) electrons. The summed E-state index contributed by atoms with van der Waals surface area (Å²) in [5, 5.41) is 15.2. The van der Waals surface area contributed by atoms with E-state index in [9.17, 15) is 0 Å². The minimum atomic E-state index is 0.413. The maximum atomic E-state index is 4.56. The second kappa shape index (κ2) is 5.06. The average Bonchev–Trinajstić information content (AvgIpc) is 2.89. The molecule has 3 aliphatic rings. The number of rotatable bonds is 6. The summed E-state index contributed by atoms with van der Waals surface area (Å²) in [6.07, 6.45) is 6.79. The van der Waals surface area contributed by atoms with Gasteiger partial charge in [-0.15, -0.1) is 10.2 Å². The summed E-state index contributed by atoms with van der Waals surface area (Å²) in [6, 6.07) is 0.413. The van der Waals surface area contributed by atoms with E-state index in [-0.39, 0.29) is 0 Å². The lowest BCUT2D eigenvalue weighted by atomic mass is 10.0. The van der Waals surface area contributed by atoms with E-state index in [1.165, 1.54) is 35.7 Å². The smallest absolute Gasteiger partial charge is 0.134 e. The van der Waals surface area contributed by atoms with Crippen LogP contribution in [0, 0.1) is 23.7 Å². The fraction of sp³-hybridized carbons (Fsp3) is 0.875. The largest absolute Gasteiger partial charge is 0.308 e. The molecule has 110 valence electrons. The Balaban J connectivity index is 1.46. The van der Waals surface area contributed by atoms with Crippen LogP contribution in [0.15, 0.2) is 0 Å². The van der Waals surface area contributed by atoms with Gasteiger partial charge in [-0.05, 0) is 62.3 Å². The van der Waals surface area contributed by atoms with Crippen LogP contribution in [-0.2, 0) is 0 Å². The molecule has 4 rings (SSSR count). The molecular formula is C16H25N3S. The van der Waals surface area contributed by atoms with E-state index in [0.717, 1.165) is 42.6 Å². The van der Waals surface area contributed by atoms with Crippen LogP contribution in [0.4, 0.5) is 0 Å². The fourth-order valence-corrected chi connectivity index (χ4v) is 6.12. The molecule has 1 N–H and O–H groups in total. The standard InChI is InChI=1S/C16H25N3S/c1-3-7-17-11(4-2)15-18-19-16(20-15)14-12-9-5-6-10(8-9)13(12)14/h9-14,17H,3-8H2,1-2H3. The van der Waals surface area contributed by atoms with E-state index in [2.05, 4.69) is 29.4 Å². The van der Waals surface area contributed by atoms with Crippen molar-refractivity contribution >= 4 is 11.3 Å². The average molecular weight is 291 g/mol. The van der Waals surface area contributed by atoms with E-state index in [4.69, 9.17) is 0 Å².